The standard InChI is InChI=1S/C41H39N9O3/c1-3-5-23-49-26-38(44-47-49)37-25-31(21-22-34(37)39-45-48-50(46-39)24-6-4-2)42-29-17-13-27(14-18-29)28-15-19-30(20-16-28)43-40(51)35-11-7-10-33-32(35)9-8-12-36(33)41(52)53/h7-22,25-26,42H,3-6,23-24H2,1-2H3,(H,43,51)(H,52,53). The predicted molar refractivity (Wildman–Crippen MR) is 206 cm³/mol. The summed E-state index contributed by atoms with van der Waals surface area (Å²) in [4.78, 5) is 26.6. The molecule has 1 amide bonds. The minimum absolute atomic E-state index is 0.158. The molecule has 53 heavy (non-hydrogen) atoms. The number of amides is 1. The second-order valence-electron chi connectivity index (χ2n) is 12.8. The number of aromatic nitrogens is 7. The van der Waals surface area contributed by atoms with Crippen molar-refractivity contribution in [3.63, 3.8) is 0 Å². The van der Waals surface area contributed by atoms with Gasteiger partial charge >= 0.3 is 5.97 Å². The van der Waals surface area contributed by atoms with E-state index >= 15 is 0 Å². The molecule has 0 unspecified atom stereocenters. The maximum absolute atomic E-state index is 13.2. The average Bonchev–Trinajstić information content (AvgIpc) is 3.86. The van der Waals surface area contributed by atoms with Crippen LogP contribution in [0.2, 0.25) is 0 Å². The van der Waals surface area contributed by atoms with E-state index in [1.54, 1.807) is 35.1 Å². The molecule has 0 atom stereocenters. The minimum Gasteiger partial charge on any atom is -0.478 e. The van der Waals surface area contributed by atoms with E-state index in [-0.39, 0.29) is 11.5 Å². The van der Waals surface area contributed by atoms with E-state index in [1.807, 2.05) is 77.6 Å². The van der Waals surface area contributed by atoms with Gasteiger partial charge in [-0.05, 0) is 94.6 Å². The topological polar surface area (TPSA) is 153 Å². The lowest BCUT2D eigenvalue weighted by molar-refractivity contribution is 0.0698. The number of aryl methyl sites for hydroxylation is 2. The number of tetrazole rings is 1. The number of carbonyl (C=O) groups is 2. The highest BCUT2D eigenvalue weighted by molar-refractivity contribution is 6.15. The Hall–Kier alpha value is -6.69. The molecule has 0 aliphatic heterocycles. The van der Waals surface area contributed by atoms with Gasteiger partial charge in [-0.3, -0.25) is 9.48 Å². The van der Waals surface area contributed by atoms with E-state index in [1.165, 1.54) is 6.07 Å². The summed E-state index contributed by atoms with van der Waals surface area (Å²) < 4.78 is 1.87. The summed E-state index contributed by atoms with van der Waals surface area (Å²) in [5.74, 6) is -0.801. The van der Waals surface area contributed by atoms with Crippen molar-refractivity contribution in [2.24, 2.45) is 0 Å². The molecule has 2 heterocycles. The van der Waals surface area contributed by atoms with Crippen molar-refractivity contribution >= 4 is 39.7 Å². The van der Waals surface area contributed by atoms with Crippen LogP contribution in [0.1, 0.15) is 60.2 Å². The molecule has 0 aliphatic rings. The second kappa shape index (κ2) is 15.7. The number of nitrogens with one attached hydrogen (secondary N) is 2. The Morgan fingerprint density at radius 3 is 2.02 bits per heavy atom. The zero-order valence-electron chi connectivity index (χ0n) is 29.5. The van der Waals surface area contributed by atoms with E-state index < -0.39 is 5.97 Å². The van der Waals surface area contributed by atoms with Crippen molar-refractivity contribution in [2.75, 3.05) is 10.6 Å². The molecular weight excluding hydrogens is 667 g/mol. The van der Waals surface area contributed by atoms with Crippen LogP contribution in [0.25, 0.3) is 44.5 Å². The normalized spacial score (nSPS) is 11.1. The van der Waals surface area contributed by atoms with Gasteiger partial charge in [0.2, 0.25) is 5.82 Å². The summed E-state index contributed by atoms with van der Waals surface area (Å²) in [5.41, 5.74) is 7.42. The van der Waals surface area contributed by atoms with Gasteiger partial charge in [-0.1, -0.05) is 80.4 Å². The predicted octanol–water partition coefficient (Wildman–Crippen LogP) is 8.71. The fraction of sp³-hybridized carbons (Fsp3) is 0.195. The van der Waals surface area contributed by atoms with E-state index in [4.69, 9.17) is 0 Å². The van der Waals surface area contributed by atoms with Crippen LogP contribution >= 0.6 is 0 Å². The number of carboxylic acid groups (broad SMARTS) is 1. The molecule has 266 valence electrons. The second-order valence-corrected chi connectivity index (χ2v) is 12.8. The van der Waals surface area contributed by atoms with Crippen LogP contribution in [-0.2, 0) is 13.1 Å². The number of nitrogens with zero attached hydrogens (tertiary/aromatic N) is 7. The summed E-state index contributed by atoms with van der Waals surface area (Å²) in [6, 6.07) is 31.8. The zero-order chi connectivity index (χ0) is 36.7. The summed E-state index contributed by atoms with van der Waals surface area (Å²) in [5, 5.41) is 39.3. The first-order valence-corrected chi connectivity index (χ1v) is 17.8. The Bertz CT molecular complexity index is 2380. The number of hydrogen-bond donors (Lipinski definition) is 3. The third kappa shape index (κ3) is 7.81. The SMILES string of the molecule is CCCCn1cc(-c2cc(Nc3ccc(-c4ccc(NC(=O)c5cccc6c(C(=O)O)cccc56)cc4)cc3)ccc2-c2nnn(CCCC)n2)nn1. The highest BCUT2D eigenvalue weighted by Crippen LogP contribution is 2.33. The Kier molecular flexibility index (Phi) is 10.3. The monoisotopic (exact) mass is 705 g/mol. The number of aromatic carboxylic acids is 1. The summed E-state index contributed by atoms with van der Waals surface area (Å²) in [7, 11) is 0. The van der Waals surface area contributed by atoms with Gasteiger partial charge in [0.05, 0.1) is 18.3 Å². The Morgan fingerprint density at radius 1 is 0.679 bits per heavy atom. The van der Waals surface area contributed by atoms with E-state index in [2.05, 4.69) is 50.2 Å². The van der Waals surface area contributed by atoms with E-state index in [0.717, 1.165) is 71.6 Å². The molecule has 7 aromatic rings. The third-order valence-electron chi connectivity index (χ3n) is 9.03. The molecule has 0 saturated heterocycles. The van der Waals surface area contributed by atoms with Crippen LogP contribution < -0.4 is 10.6 Å². The molecule has 0 saturated carbocycles. The van der Waals surface area contributed by atoms with Gasteiger partial charge in [-0.25, -0.2) is 4.79 Å². The van der Waals surface area contributed by atoms with Crippen molar-refractivity contribution in [3.05, 3.63) is 120 Å². The molecule has 12 heteroatoms. The van der Waals surface area contributed by atoms with Crippen LogP contribution in [0.5, 0.6) is 0 Å². The molecule has 0 aliphatic carbocycles. The number of fused-ring (bicyclic) bond motifs is 1. The van der Waals surface area contributed by atoms with Crippen LogP contribution in [0.15, 0.2) is 109 Å². The summed E-state index contributed by atoms with van der Waals surface area (Å²) in [6.45, 7) is 5.80. The minimum atomic E-state index is -1.03. The van der Waals surface area contributed by atoms with Gasteiger partial charge in [0.1, 0.15) is 5.69 Å². The average molecular weight is 706 g/mol. The molecule has 0 bridgehead atoms. The lowest BCUT2D eigenvalue weighted by atomic mass is 9.99. The lowest BCUT2D eigenvalue weighted by Crippen LogP contribution is -2.12. The largest absolute Gasteiger partial charge is 0.478 e. The van der Waals surface area contributed by atoms with Crippen LogP contribution in [0, 0.1) is 0 Å². The molecule has 2 aromatic heterocycles. The molecule has 5 aromatic carbocycles. The fourth-order valence-electron chi connectivity index (χ4n) is 6.18. The fourth-order valence-corrected chi connectivity index (χ4v) is 6.18. The number of benzene rings is 5. The number of hydrogen-bond acceptors (Lipinski definition) is 8. The number of anilines is 3. The zero-order valence-corrected chi connectivity index (χ0v) is 29.5. The quantitative estimate of drug-likeness (QED) is 0.101. The van der Waals surface area contributed by atoms with Crippen LogP contribution in [-0.4, -0.2) is 52.2 Å². The number of carboxylic acids is 1. The Morgan fingerprint density at radius 2 is 1.32 bits per heavy atom. The van der Waals surface area contributed by atoms with E-state index in [9.17, 15) is 14.7 Å². The number of rotatable bonds is 14. The molecular formula is C41H39N9O3. The molecule has 0 fully saturated rings. The van der Waals surface area contributed by atoms with Crippen molar-refractivity contribution < 1.29 is 14.7 Å². The van der Waals surface area contributed by atoms with Crippen molar-refractivity contribution in [3.8, 4) is 33.8 Å². The van der Waals surface area contributed by atoms with Gasteiger partial charge in [0.15, 0.2) is 0 Å². The molecule has 7 rings (SSSR count). The maximum atomic E-state index is 13.2. The summed E-state index contributed by atoms with van der Waals surface area (Å²) in [6.07, 6.45) is 6.07. The van der Waals surface area contributed by atoms with Gasteiger partial charge in [-0.2, -0.15) is 4.80 Å². The number of unbranched alkanes of at least 4 members (excludes halogenated alkanes) is 2. The van der Waals surface area contributed by atoms with Gasteiger partial charge in [-0.15, -0.1) is 15.3 Å². The molecule has 12 nitrogen and oxygen atoms in total. The molecule has 0 radical (unpaired) electrons. The van der Waals surface area contributed by atoms with Crippen molar-refractivity contribution in [2.45, 2.75) is 52.6 Å². The van der Waals surface area contributed by atoms with Gasteiger partial charge < -0.3 is 15.7 Å². The first-order valence-electron chi connectivity index (χ1n) is 17.8. The Balaban J connectivity index is 1.06. The highest BCUT2D eigenvalue weighted by atomic mass is 16.4. The van der Waals surface area contributed by atoms with Gasteiger partial charge in [0, 0.05) is 40.3 Å². The van der Waals surface area contributed by atoms with Crippen LogP contribution in [0.4, 0.5) is 17.1 Å². The van der Waals surface area contributed by atoms with Crippen LogP contribution in [0.3, 0.4) is 0 Å². The van der Waals surface area contributed by atoms with E-state index in [0.29, 0.717) is 34.4 Å². The van der Waals surface area contributed by atoms with Crippen molar-refractivity contribution in [1.29, 1.82) is 0 Å². The smallest absolute Gasteiger partial charge is 0.336 e. The van der Waals surface area contributed by atoms with Crippen molar-refractivity contribution in [1.82, 2.24) is 35.2 Å². The highest BCUT2D eigenvalue weighted by Gasteiger charge is 2.17. The first kappa shape index (κ1) is 34.7. The lowest BCUT2D eigenvalue weighted by Gasteiger charge is -2.12. The Labute approximate surface area is 306 Å². The maximum Gasteiger partial charge on any atom is 0.336 e. The summed E-state index contributed by atoms with van der Waals surface area (Å²) >= 11 is 0. The molecule has 0 spiro atoms. The van der Waals surface area contributed by atoms with Gasteiger partial charge in [0.25, 0.3) is 5.91 Å². The first-order chi connectivity index (χ1) is 25.9. The third-order valence-corrected chi connectivity index (χ3v) is 9.03. The number of carbonyl (C=O) groups excluding carboxylic acids is 1. The molecule has 3 N–H and O–H groups in total.